The fourth-order valence-electron chi connectivity index (χ4n) is 2.92. The molecule has 4 nitrogen and oxygen atoms in total. The highest BCUT2D eigenvalue weighted by molar-refractivity contribution is 7.17. The molecule has 1 aromatic carbocycles. The van der Waals surface area contributed by atoms with E-state index in [0.717, 1.165) is 33.7 Å². The zero-order valence-corrected chi connectivity index (χ0v) is 16.2. The molecule has 0 bridgehead atoms. The molecule has 0 aliphatic carbocycles. The second-order valence-electron chi connectivity index (χ2n) is 6.23. The number of benzene rings is 1. The quantitative estimate of drug-likeness (QED) is 0.619. The molecular formula is C19H22ClN3OS. The highest BCUT2D eigenvalue weighted by Crippen LogP contribution is 2.39. The Morgan fingerprint density at radius 3 is 2.52 bits per heavy atom. The Kier molecular flexibility index (Phi) is 5.57. The van der Waals surface area contributed by atoms with Gasteiger partial charge in [0, 0.05) is 24.0 Å². The summed E-state index contributed by atoms with van der Waals surface area (Å²) in [5.74, 6) is 1.29. The van der Waals surface area contributed by atoms with Crippen LogP contribution in [0.15, 0.2) is 29.6 Å². The molecule has 0 saturated carbocycles. The number of aliphatic hydroxyl groups is 1. The maximum absolute atomic E-state index is 9.37. The highest BCUT2D eigenvalue weighted by Gasteiger charge is 2.18. The van der Waals surface area contributed by atoms with Crippen molar-refractivity contribution < 1.29 is 5.11 Å². The lowest BCUT2D eigenvalue weighted by atomic mass is 9.99. The monoisotopic (exact) mass is 375 g/mol. The van der Waals surface area contributed by atoms with Gasteiger partial charge in [0.05, 0.1) is 12.0 Å². The van der Waals surface area contributed by atoms with Crippen LogP contribution in [0.2, 0.25) is 5.28 Å². The Morgan fingerprint density at radius 2 is 1.92 bits per heavy atom. The number of rotatable bonds is 6. The van der Waals surface area contributed by atoms with E-state index in [1.54, 1.807) is 11.3 Å². The molecule has 0 saturated heterocycles. The van der Waals surface area contributed by atoms with Crippen molar-refractivity contribution in [2.45, 2.75) is 26.7 Å². The van der Waals surface area contributed by atoms with E-state index in [1.807, 2.05) is 11.8 Å². The van der Waals surface area contributed by atoms with Crippen molar-refractivity contribution in [3.8, 4) is 11.1 Å². The van der Waals surface area contributed by atoms with Crippen LogP contribution in [0.4, 0.5) is 5.82 Å². The minimum Gasteiger partial charge on any atom is -0.395 e. The van der Waals surface area contributed by atoms with Crippen LogP contribution < -0.4 is 4.90 Å². The van der Waals surface area contributed by atoms with E-state index >= 15 is 0 Å². The summed E-state index contributed by atoms with van der Waals surface area (Å²) in [4.78, 5) is 11.8. The molecule has 0 fully saturated rings. The number of fused-ring (bicyclic) bond motifs is 1. The van der Waals surface area contributed by atoms with Gasteiger partial charge in [-0.25, -0.2) is 4.98 Å². The number of likely N-dealkylation sites (N-methyl/N-ethyl adjacent to an activating group) is 1. The minimum atomic E-state index is 0.0690. The lowest BCUT2D eigenvalue weighted by molar-refractivity contribution is 0.302. The summed E-state index contributed by atoms with van der Waals surface area (Å²) in [6, 6.07) is 8.64. The molecule has 0 unspecified atom stereocenters. The fourth-order valence-corrected chi connectivity index (χ4v) is 4.08. The molecule has 6 heteroatoms. The molecule has 2 aromatic heterocycles. The maximum atomic E-state index is 9.37. The molecule has 0 atom stereocenters. The SMILES string of the molecule is CCN(CCO)c1nc(Cl)nc2scc(-c3ccc(C(C)C)cc3)c12. The van der Waals surface area contributed by atoms with Crippen molar-refractivity contribution in [2.75, 3.05) is 24.6 Å². The summed E-state index contributed by atoms with van der Waals surface area (Å²) in [7, 11) is 0. The van der Waals surface area contributed by atoms with Gasteiger partial charge in [-0.1, -0.05) is 38.1 Å². The average molecular weight is 376 g/mol. The first-order chi connectivity index (χ1) is 12.0. The Labute approximate surface area is 157 Å². The number of anilines is 1. The summed E-state index contributed by atoms with van der Waals surface area (Å²) >= 11 is 7.70. The summed E-state index contributed by atoms with van der Waals surface area (Å²) in [5, 5.41) is 12.7. The van der Waals surface area contributed by atoms with Crippen molar-refractivity contribution in [3.05, 3.63) is 40.5 Å². The first-order valence-corrected chi connectivity index (χ1v) is 9.71. The van der Waals surface area contributed by atoms with Gasteiger partial charge in [-0.15, -0.1) is 11.3 Å². The maximum Gasteiger partial charge on any atom is 0.225 e. The fraction of sp³-hybridized carbons (Fsp3) is 0.368. The second-order valence-corrected chi connectivity index (χ2v) is 7.42. The lowest BCUT2D eigenvalue weighted by Crippen LogP contribution is -2.27. The Morgan fingerprint density at radius 1 is 1.20 bits per heavy atom. The Balaban J connectivity index is 2.16. The van der Waals surface area contributed by atoms with Gasteiger partial charge >= 0.3 is 0 Å². The predicted octanol–water partition coefficient (Wildman–Crippen LogP) is 4.95. The van der Waals surface area contributed by atoms with Gasteiger partial charge in [-0.05, 0) is 35.6 Å². The zero-order valence-electron chi connectivity index (χ0n) is 14.7. The van der Waals surface area contributed by atoms with E-state index in [9.17, 15) is 5.11 Å². The standard InChI is InChI=1S/C19H22ClN3OS/c1-4-23(9-10-24)17-16-15(11-25-18(16)22-19(20)21-17)14-7-5-13(6-8-14)12(2)3/h5-8,11-12,24H,4,9-10H2,1-3H3. The number of hydrogen-bond acceptors (Lipinski definition) is 5. The molecule has 0 aliphatic heterocycles. The molecule has 1 N–H and O–H groups in total. The largest absolute Gasteiger partial charge is 0.395 e. The van der Waals surface area contributed by atoms with Gasteiger partial charge in [0.25, 0.3) is 0 Å². The van der Waals surface area contributed by atoms with Gasteiger partial charge in [0.2, 0.25) is 5.28 Å². The number of nitrogens with zero attached hydrogens (tertiary/aromatic N) is 3. The number of aliphatic hydroxyl groups excluding tert-OH is 1. The van der Waals surface area contributed by atoms with Crippen LogP contribution in [0.25, 0.3) is 21.3 Å². The normalized spacial score (nSPS) is 11.4. The smallest absolute Gasteiger partial charge is 0.225 e. The van der Waals surface area contributed by atoms with Crippen LogP contribution in [-0.2, 0) is 0 Å². The van der Waals surface area contributed by atoms with Gasteiger partial charge in [-0.2, -0.15) is 4.98 Å². The van der Waals surface area contributed by atoms with Crippen LogP contribution >= 0.6 is 22.9 Å². The highest BCUT2D eigenvalue weighted by atomic mass is 35.5. The summed E-state index contributed by atoms with van der Waals surface area (Å²) < 4.78 is 0. The molecule has 0 radical (unpaired) electrons. The summed E-state index contributed by atoms with van der Waals surface area (Å²) in [5.41, 5.74) is 3.57. The van der Waals surface area contributed by atoms with E-state index in [-0.39, 0.29) is 11.9 Å². The molecule has 0 aliphatic rings. The molecule has 3 rings (SSSR count). The van der Waals surface area contributed by atoms with Crippen LogP contribution in [0.5, 0.6) is 0 Å². The van der Waals surface area contributed by atoms with Gasteiger partial charge in [0.15, 0.2) is 0 Å². The number of thiophene rings is 1. The van der Waals surface area contributed by atoms with Crippen molar-refractivity contribution in [1.29, 1.82) is 0 Å². The zero-order chi connectivity index (χ0) is 18.0. The molecule has 0 amide bonds. The Hall–Kier alpha value is -1.69. The summed E-state index contributed by atoms with van der Waals surface area (Å²) in [6.07, 6.45) is 0. The third-order valence-corrected chi connectivity index (χ3v) is 5.37. The first kappa shape index (κ1) is 18.1. The van der Waals surface area contributed by atoms with Gasteiger partial charge < -0.3 is 10.0 Å². The first-order valence-electron chi connectivity index (χ1n) is 8.46. The van der Waals surface area contributed by atoms with Crippen molar-refractivity contribution in [2.24, 2.45) is 0 Å². The summed E-state index contributed by atoms with van der Waals surface area (Å²) in [6.45, 7) is 7.75. The van der Waals surface area contributed by atoms with Gasteiger partial charge in [-0.3, -0.25) is 0 Å². The minimum absolute atomic E-state index is 0.0690. The second kappa shape index (κ2) is 7.68. The van der Waals surface area contributed by atoms with Crippen molar-refractivity contribution in [1.82, 2.24) is 9.97 Å². The van der Waals surface area contributed by atoms with E-state index in [4.69, 9.17) is 11.6 Å². The lowest BCUT2D eigenvalue weighted by Gasteiger charge is -2.22. The number of halogens is 1. The molecule has 132 valence electrons. The third kappa shape index (κ3) is 3.64. The van der Waals surface area contributed by atoms with Crippen LogP contribution in [-0.4, -0.2) is 34.8 Å². The third-order valence-electron chi connectivity index (χ3n) is 4.33. The number of hydrogen-bond donors (Lipinski definition) is 1. The predicted molar refractivity (Wildman–Crippen MR) is 107 cm³/mol. The van der Waals surface area contributed by atoms with Crippen LogP contribution in [0.3, 0.4) is 0 Å². The van der Waals surface area contributed by atoms with Crippen molar-refractivity contribution in [3.63, 3.8) is 0 Å². The van der Waals surface area contributed by atoms with E-state index in [1.165, 1.54) is 5.56 Å². The van der Waals surface area contributed by atoms with E-state index in [2.05, 4.69) is 53.5 Å². The molecule has 3 aromatic rings. The molecule has 0 spiro atoms. The topological polar surface area (TPSA) is 49.2 Å². The van der Waals surface area contributed by atoms with E-state index in [0.29, 0.717) is 12.5 Å². The van der Waals surface area contributed by atoms with E-state index < -0.39 is 0 Å². The van der Waals surface area contributed by atoms with Gasteiger partial charge in [0.1, 0.15) is 10.6 Å². The molecule has 25 heavy (non-hydrogen) atoms. The number of aromatic nitrogens is 2. The van der Waals surface area contributed by atoms with Crippen LogP contribution in [0.1, 0.15) is 32.3 Å². The van der Waals surface area contributed by atoms with Crippen LogP contribution in [0, 0.1) is 0 Å². The Bertz CT molecular complexity index is 861. The molecule has 2 heterocycles. The molecular weight excluding hydrogens is 354 g/mol. The average Bonchev–Trinajstić information content (AvgIpc) is 3.02. The van der Waals surface area contributed by atoms with Crippen molar-refractivity contribution >= 4 is 39.0 Å².